The van der Waals surface area contributed by atoms with E-state index in [1.807, 2.05) is 12.1 Å². The fourth-order valence-electron chi connectivity index (χ4n) is 2.30. The van der Waals surface area contributed by atoms with Crippen molar-refractivity contribution in [1.82, 2.24) is 15.0 Å². The molecule has 1 aromatic heterocycles. The molecule has 0 amide bonds. The summed E-state index contributed by atoms with van der Waals surface area (Å²) < 4.78 is 5.76. The smallest absolute Gasteiger partial charge is 0.225 e. The predicted molar refractivity (Wildman–Crippen MR) is 72.1 cm³/mol. The van der Waals surface area contributed by atoms with Gasteiger partial charge in [-0.3, -0.25) is 0 Å². The molecule has 0 radical (unpaired) electrons. The molecule has 2 aromatic rings. The van der Waals surface area contributed by atoms with Crippen LogP contribution in [0.5, 0.6) is 5.75 Å². The predicted octanol–water partition coefficient (Wildman–Crippen LogP) is 1.92. The molecule has 98 valence electrons. The van der Waals surface area contributed by atoms with E-state index in [0.29, 0.717) is 11.9 Å². The quantitative estimate of drug-likeness (QED) is 0.909. The molecule has 19 heavy (non-hydrogen) atoms. The minimum Gasteiger partial charge on any atom is -0.493 e. The van der Waals surface area contributed by atoms with Gasteiger partial charge in [0.25, 0.3) is 0 Å². The molecule has 0 saturated carbocycles. The van der Waals surface area contributed by atoms with E-state index in [4.69, 9.17) is 4.74 Å². The summed E-state index contributed by atoms with van der Waals surface area (Å²) in [6.45, 7) is 1.61. The molecule has 1 atom stereocenters. The van der Waals surface area contributed by atoms with Crippen LogP contribution in [0.3, 0.4) is 0 Å². The van der Waals surface area contributed by atoms with Crippen molar-refractivity contribution in [3.8, 4) is 5.75 Å². The number of fused-ring (bicyclic) bond motifs is 1. The van der Waals surface area contributed by atoms with Gasteiger partial charge in [0.2, 0.25) is 5.95 Å². The highest BCUT2D eigenvalue weighted by molar-refractivity contribution is 5.34. The fraction of sp³-hybridized carbons (Fsp3) is 0.357. The highest BCUT2D eigenvalue weighted by atomic mass is 16.5. The Labute approximate surface area is 112 Å². The molecular formula is C14H16N4O. The van der Waals surface area contributed by atoms with Crippen LogP contribution >= 0.6 is 0 Å². The largest absolute Gasteiger partial charge is 0.493 e. The molecule has 0 fully saturated rings. The lowest BCUT2D eigenvalue weighted by molar-refractivity contribution is 0.298. The van der Waals surface area contributed by atoms with Gasteiger partial charge < -0.3 is 10.1 Å². The van der Waals surface area contributed by atoms with Gasteiger partial charge in [-0.25, -0.2) is 15.0 Å². The second-order valence-electron chi connectivity index (χ2n) is 4.66. The zero-order valence-electron chi connectivity index (χ0n) is 10.6. The third kappa shape index (κ3) is 2.99. The average molecular weight is 256 g/mol. The summed E-state index contributed by atoms with van der Waals surface area (Å²) in [5, 5.41) is 3.26. The van der Waals surface area contributed by atoms with E-state index >= 15 is 0 Å². The Bertz CT molecular complexity index is 532. The van der Waals surface area contributed by atoms with Crippen LogP contribution < -0.4 is 10.1 Å². The van der Waals surface area contributed by atoms with Gasteiger partial charge in [0.1, 0.15) is 18.4 Å². The number of ether oxygens (including phenoxy) is 1. The molecule has 0 saturated heterocycles. The first-order valence-corrected chi connectivity index (χ1v) is 6.48. The van der Waals surface area contributed by atoms with E-state index in [-0.39, 0.29) is 0 Å². The van der Waals surface area contributed by atoms with Crippen molar-refractivity contribution in [3.05, 3.63) is 42.5 Å². The summed E-state index contributed by atoms with van der Waals surface area (Å²) in [6, 6.07) is 8.25. The molecule has 2 heterocycles. The summed E-state index contributed by atoms with van der Waals surface area (Å²) >= 11 is 0. The van der Waals surface area contributed by atoms with E-state index in [1.165, 1.54) is 18.2 Å². The molecule has 0 spiro atoms. The van der Waals surface area contributed by atoms with Gasteiger partial charge in [-0.05, 0) is 30.4 Å². The van der Waals surface area contributed by atoms with E-state index < -0.39 is 0 Å². The van der Waals surface area contributed by atoms with E-state index in [9.17, 15) is 0 Å². The highest BCUT2D eigenvalue weighted by Gasteiger charge is 2.17. The number of para-hydroxylation sites is 1. The number of benzene rings is 1. The highest BCUT2D eigenvalue weighted by Crippen LogP contribution is 2.26. The lowest BCUT2D eigenvalue weighted by Gasteiger charge is -2.14. The standard InChI is InChI=1S/C14H16N4O/c1-2-4-13-12(3-1)7-11(5-6-19-13)8-16-14-17-9-15-10-18-14/h1-4,9-11H,5-8H2,(H,15,16,17,18). The first kappa shape index (κ1) is 11.9. The minimum atomic E-state index is 0.528. The zero-order valence-corrected chi connectivity index (χ0v) is 10.6. The van der Waals surface area contributed by atoms with Gasteiger partial charge in [0.15, 0.2) is 0 Å². The number of hydrogen-bond donors (Lipinski definition) is 1. The molecule has 1 aromatic carbocycles. The van der Waals surface area contributed by atoms with E-state index in [1.54, 1.807) is 0 Å². The second kappa shape index (κ2) is 5.65. The fourth-order valence-corrected chi connectivity index (χ4v) is 2.30. The van der Waals surface area contributed by atoms with E-state index in [2.05, 4.69) is 32.4 Å². The maximum atomic E-state index is 5.76. The summed E-state index contributed by atoms with van der Waals surface area (Å²) in [4.78, 5) is 11.9. The van der Waals surface area contributed by atoms with Crippen LogP contribution in [0.4, 0.5) is 5.95 Å². The third-order valence-electron chi connectivity index (χ3n) is 3.31. The summed E-state index contributed by atoms with van der Waals surface area (Å²) in [7, 11) is 0. The van der Waals surface area contributed by atoms with Gasteiger partial charge in [0, 0.05) is 6.54 Å². The zero-order chi connectivity index (χ0) is 12.9. The van der Waals surface area contributed by atoms with Crippen LogP contribution in [-0.4, -0.2) is 28.1 Å². The monoisotopic (exact) mass is 256 g/mol. The van der Waals surface area contributed by atoms with Crippen LogP contribution in [0.25, 0.3) is 0 Å². The minimum absolute atomic E-state index is 0.528. The molecule has 1 aliphatic heterocycles. The molecule has 0 bridgehead atoms. The molecule has 5 heteroatoms. The third-order valence-corrected chi connectivity index (χ3v) is 3.31. The molecular weight excluding hydrogens is 240 g/mol. The Kier molecular flexibility index (Phi) is 3.54. The molecule has 1 unspecified atom stereocenters. The van der Waals surface area contributed by atoms with Crippen molar-refractivity contribution in [2.75, 3.05) is 18.5 Å². The lowest BCUT2D eigenvalue weighted by atomic mass is 9.97. The van der Waals surface area contributed by atoms with Gasteiger partial charge >= 0.3 is 0 Å². The number of anilines is 1. The lowest BCUT2D eigenvalue weighted by Crippen LogP contribution is -2.18. The van der Waals surface area contributed by atoms with Crippen LogP contribution in [0.15, 0.2) is 36.9 Å². The topological polar surface area (TPSA) is 59.9 Å². The van der Waals surface area contributed by atoms with Crippen molar-refractivity contribution >= 4 is 5.95 Å². The SMILES string of the molecule is c1ccc2c(c1)CC(CNc1ncncn1)CCO2. The van der Waals surface area contributed by atoms with Crippen LogP contribution in [-0.2, 0) is 6.42 Å². The Balaban J connectivity index is 1.63. The summed E-state index contributed by atoms with van der Waals surface area (Å²) in [5.41, 5.74) is 1.28. The first-order valence-electron chi connectivity index (χ1n) is 6.48. The summed E-state index contributed by atoms with van der Waals surface area (Å²) in [6.07, 6.45) is 5.06. The number of nitrogens with zero attached hydrogens (tertiary/aromatic N) is 3. The van der Waals surface area contributed by atoms with Gasteiger partial charge in [-0.15, -0.1) is 0 Å². The molecule has 0 aliphatic carbocycles. The van der Waals surface area contributed by atoms with Crippen molar-refractivity contribution in [2.45, 2.75) is 12.8 Å². The van der Waals surface area contributed by atoms with Gasteiger partial charge in [0.05, 0.1) is 6.61 Å². The Morgan fingerprint density at radius 1 is 1.21 bits per heavy atom. The average Bonchev–Trinajstić information content (AvgIpc) is 2.68. The molecule has 3 rings (SSSR count). The van der Waals surface area contributed by atoms with Gasteiger partial charge in [-0.2, -0.15) is 0 Å². The van der Waals surface area contributed by atoms with Crippen molar-refractivity contribution in [3.63, 3.8) is 0 Å². The van der Waals surface area contributed by atoms with Crippen molar-refractivity contribution in [1.29, 1.82) is 0 Å². The Morgan fingerprint density at radius 2 is 2.05 bits per heavy atom. The second-order valence-corrected chi connectivity index (χ2v) is 4.66. The number of nitrogens with one attached hydrogen (secondary N) is 1. The summed E-state index contributed by atoms with van der Waals surface area (Å²) in [5.74, 6) is 2.18. The molecule has 1 N–H and O–H groups in total. The normalized spacial score (nSPS) is 18.0. The Morgan fingerprint density at radius 3 is 2.95 bits per heavy atom. The van der Waals surface area contributed by atoms with Gasteiger partial charge in [-0.1, -0.05) is 18.2 Å². The number of hydrogen-bond acceptors (Lipinski definition) is 5. The van der Waals surface area contributed by atoms with Crippen LogP contribution in [0, 0.1) is 5.92 Å². The van der Waals surface area contributed by atoms with Crippen molar-refractivity contribution in [2.24, 2.45) is 5.92 Å². The van der Waals surface area contributed by atoms with Crippen molar-refractivity contribution < 1.29 is 4.74 Å². The number of aromatic nitrogens is 3. The maximum absolute atomic E-state index is 5.76. The maximum Gasteiger partial charge on any atom is 0.225 e. The Hall–Kier alpha value is -2.17. The molecule has 5 nitrogen and oxygen atoms in total. The first-order chi connectivity index (χ1) is 9.42. The van der Waals surface area contributed by atoms with Crippen LogP contribution in [0.1, 0.15) is 12.0 Å². The van der Waals surface area contributed by atoms with Crippen LogP contribution in [0.2, 0.25) is 0 Å². The number of rotatable bonds is 3. The van der Waals surface area contributed by atoms with E-state index in [0.717, 1.165) is 31.7 Å². The molecule has 1 aliphatic rings.